The number of hydrogen-bond donors (Lipinski definition) is 0. The van der Waals surface area contributed by atoms with Gasteiger partial charge in [-0.3, -0.25) is 9.78 Å². The van der Waals surface area contributed by atoms with Crippen LogP contribution in [0.3, 0.4) is 0 Å². The molecule has 25 heavy (non-hydrogen) atoms. The lowest BCUT2D eigenvalue weighted by molar-refractivity contribution is 0.751. The van der Waals surface area contributed by atoms with Gasteiger partial charge in [0.05, 0.1) is 6.54 Å². The number of nitrogens with zero attached hydrogens (tertiary/aromatic N) is 3. The van der Waals surface area contributed by atoms with Gasteiger partial charge in [0.15, 0.2) is 0 Å². The molecule has 0 N–H and O–H groups in total. The van der Waals surface area contributed by atoms with Crippen molar-refractivity contribution in [3.8, 4) is 0 Å². The lowest BCUT2D eigenvalue weighted by Gasteiger charge is -2.09. The molecular formula is C21H19N3O. The first-order chi connectivity index (χ1) is 12.2. The van der Waals surface area contributed by atoms with E-state index < -0.39 is 0 Å². The summed E-state index contributed by atoms with van der Waals surface area (Å²) >= 11 is 0. The summed E-state index contributed by atoms with van der Waals surface area (Å²) in [5.41, 5.74) is 4.19. The largest absolute Gasteiger partial charge is 0.339 e. The zero-order chi connectivity index (χ0) is 17.2. The summed E-state index contributed by atoms with van der Waals surface area (Å²) in [4.78, 5) is 17.1. The molecule has 3 heterocycles. The molecule has 0 spiro atoms. The Morgan fingerprint density at radius 3 is 2.32 bits per heavy atom. The molecule has 0 radical (unpaired) electrons. The van der Waals surface area contributed by atoms with Crippen molar-refractivity contribution in [1.29, 1.82) is 0 Å². The Labute approximate surface area is 146 Å². The molecule has 4 heteroatoms. The number of aromatic nitrogens is 3. The topological polar surface area (TPSA) is 39.8 Å². The van der Waals surface area contributed by atoms with E-state index in [9.17, 15) is 4.79 Å². The van der Waals surface area contributed by atoms with Crippen LogP contribution in [0, 0.1) is 6.92 Å². The van der Waals surface area contributed by atoms with Crippen molar-refractivity contribution in [2.75, 3.05) is 0 Å². The first kappa shape index (κ1) is 15.4. The van der Waals surface area contributed by atoms with E-state index in [2.05, 4.69) is 36.2 Å². The minimum Gasteiger partial charge on any atom is -0.339 e. The molecule has 0 bridgehead atoms. The minimum absolute atomic E-state index is 0.0342. The van der Waals surface area contributed by atoms with E-state index >= 15 is 0 Å². The zero-order valence-corrected chi connectivity index (χ0v) is 14.1. The predicted molar refractivity (Wildman–Crippen MR) is 99.8 cm³/mol. The number of pyridine rings is 2. The second-order valence-corrected chi connectivity index (χ2v) is 6.34. The van der Waals surface area contributed by atoms with Crippen LogP contribution in [-0.2, 0) is 13.1 Å². The number of rotatable bonds is 4. The highest BCUT2D eigenvalue weighted by Crippen LogP contribution is 2.14. The molecule has 4 aromatic rings. The van der Waals surface area contributed by atoms with Crippen LogP contribution in [0.4, 0.5) is 0 Å². The summed E-state index contributed by atoms with van der Waals surface area (Å²) in [5, 5.41) is 0.967. The molecule has 4 rings (SSSR count). The zero-order valence-electron chi connectivity index (χ0n) is 14.1. The fourth-order valence-corrected chi connectivity index (χ4v) is 3.08. The molecule has 0 aliphatic carbocycles. The molecule has 0 aliphatic heterocycles. The van der Waals surface area contributed by atoms with Gasteiger partial charge in [-0.2, -0.15) is 0 Å². The van der Waals surface area contributed by atoms with E-state index in [-0.39, 0.29) is 5.56 Å². The Balaban J connectivity index is 1.72. The summed E-state index contributed by atoms with van der Waals surface area (Å²) < 4.78 is 3.77. The first-order valence-corrected chi connectivity index (χ1v) is 8.33. The van der Waals surface area contributed by atoms with Gasteiger partial charge in [-0.15, -0.1) is 0 Å². The van der Waals surface area contributed by atoms with Gasteiger partial charge in [-0.05, 0) is 36.2 Å². The van der Waals surface area contributed by atoms with Gasteiger partial charge in [0.25, 0.3) is 5.56 Å². The summed E-state index contributed by atoms with van der Waals surface area (Å²) in [5.74, 6) is 0. The summed E-state index contributed by atoms with van der Waals surface area (Å²) in [7, 11) is 0. The SMILES string of the molecule is Cc1ccc(Cn2ccc3ccn(Cc4cccnc4)c3c2=O)cc1. The fraction of sp³-hybridized carbons (Fsp3) is 0.143. The van der Waals surface area contributed by atoms with Gasteiger partial charge in [-0.1, -0.05) is 35.9 Å². The Bertz CT molecular complexity index is 1060. The van der Waals surface area contributed by atoms with Crippen molar-refractivity contribution >= 4 is 10.9 Å². The normalized spacial score (nSPS) is 11.1. The molecule has 0 saturated heterocycles. The van der Waals surface area contributed by atoms with Crippen LogP contribution in [0.5, 0.6) is 0 Å². The van der Waals surface area contributed by atoms with E-state index in [0.29, 0.717) is 13.1 Å². The van der Waals surface area contributed by atoms with E-state index in [4.69, 9.17) is 0 Å². The second kappa shape index (κ2) is 6.40. The van der Waals surface area contributed by atoms with Crippen LogP contribution in [0.15, 0.2) is 78.1 Å². The Hall–Kier alpha value is -3.14. The van der Waals surface area contributed by atoms with Gasteiger partial charge in [-0.25, -0.2) is 0 Å². The van der Waals surface area contributed by atoms with E-state index in [1.807, 2.05) is 47.4 Å². The third kappa shape index (κ3) is 3.11. The van der Waals surface area contributed by atoms with Gasteiger partial charge >= 0.3 is 0 Å². The number of benzene rings is 1. The van der Waals surface area contributed by atoms with Crippen molar-refractivity contribution in [2.24, 2.45) is 0 Å². The third-order valence-electron chi connectivity index (χ3n) is 4.44. The van der Waals surface area contributed by atoms with Crippen molar-refractivity contribution in [3.63, 3.8) is 0 Å². The molecule has 124 valence electrons. The van der Waals surface area contributed by atoms with Crippen molar-refractivity contribution < 1.29 is 0 Å². The lowest BCUT2D eigenvalue weighted by Crippen LogP contribution is -2.22. The first-order valence-electron chi connectivity index (χ1n) is 8.33. The highest BCUT2D eigenvalue weighted by atomic mass is 16.1. The van der Waals surface area contributed by atoms with Crippen LogP contribution >= 0.6 is 0 Å². The lowest BCUT2D eigenvalue weighted by atomic mass is 10.1. The Kier molecular flexibility index (Phi) is 3.94. The molecule has 0 atom stereocenters. The standard InChI is InChI=1S/C21H19N3O/c1-16-4-6-17(7-5-16)14-24-12-9-19-8-11-23(20(19)21(24)25)15-18-3-2-10-22-13-18/h2-13H,14-15H2,1H3. The Morgan fingerprint density at radius 1 is 0.880 bits per heavy atom. The maximum atomic E-state index is 13.0. The van der Waals surface area contributed by atoms with Crippen molar-refractivity contribution in [1.82, 2.24) is 14.1 Å². The molecule has 0 saturated carbocycles. The number of hydrogen-bond acceptors (Lipinski definition) is 2. The molecule has 0 amide bonds. The van der Waals surface area contributed by atoms with Crippen molar-refractivity contribution in [3.05, 3.63) is 100 Å². The minimum atomic E-state index is 0.0342. The summed E-state index contributed by atoms with van der Waals surface area (Å²) in [6, 6.07) is 16.2. The van der Waals surface area contributed by atoms with Gasteiger partial charge in [0.2, 0.25) is 0 Å². The average Bonchev–Trinajstić information content (AvgIpc) is 3.04. The summed E-state index contributed by atoms with van der Waals surface area (Å²) in [6.07, 6.45) is 7.43. The number of aryl methyl sites for hydroxylation is 1. The highest BCUT2D eigenvalue weighted by molar-refractivity contribution is 5.79. The maximum absolute atomic E-state index is 13.0. The van der Waals surface area contributed by atoms with Crippen molar-refractivity contribution in [2.45, 2.75) is 20.0 Å². The fourth-order valence-electron chi connectivity index (χ4n) is 3.08. The third-order valence-corrected chi connectivity index (χ3v) is 4.44. The molecule has 0 aliphatic rings. The van der Waals surface area contributed by atoms with Gasteiger partial charge in [0.1, 0.15) is 5.52 Å². The number of fused-ring (bicyclic) bond motifs is 1. The average molecular weight is 329 g/mol. The smallest absolute Gasteiger partial charge is 0.275 e. The van der Waals surface area contributed by atoms with Crippen LogP contribution in [0.1, 0.15) is 16.7 Å². The predicted octanol–water partition coefficient (Wildman–Crippen LogP) is 3.60. The quantitative estimate of drug-likeness (QED) is 0.574. The summed E-state index contributed by atoms with van der Waals surface area (Å²) in [6.45, 7) is 3.28. The molecule has 1 aromatic carbocycles. The highest BCUT2D eigenvalue weighted by Gasteiger charge is 2.09. The van der Waals surface area contributed by atoms with Crippen LogP contribution in [-0.4, -0.2) is 14.1 Å². The van der Waals surface area contributed by atoms with Crippen LogP contribution in [0.25, 0.3) is 10.9 Å². The molecule has 4 nitrogen and oxygen atoms in total. The van der Waals surface area contributed by atoms with E-state index in [1.165, 1.54) is 5.56 Å². The van der Waals surface area contributed by atoms with E-state index in [0.717, 1.165) is 22.0 Å². The molecule has 0 fully saturated rings. The van der Waals surface area contributed by atoms with Gasteiger partial charge < -0.3 is 9.13 Å². The van der Waals surface area contributed by atoms with Crippen LogP contribution < -0.4 is 5.56 Å². The second-order valence-electron chi connectivity index (χ2n) is 6.34. The Morgan fingerprint density at radius 2 is 1.60 bits per heavy atom. The monoisotopic (exact) mass is 329 g/mol. The van der Waals surface area contributed by atoms with E-state index in [1.54, 1.807) is 10.8 Å². The van der Waals surface area contributed by atoms with Crippen LogP contribution in [0.2, 0.25) is 0 Å². The molecule has 3 aromatic heterocycles. The van der Waals surface area contributed by atoms with Gasteiger partial charge in [0, 0.05) is 36.7 Å². The maximum Gasteiger partial charge on any atom is 0.275 e. The molecule has 0 unspecified atom stereocenters. The molecular weight excluding hydrogens is 310 g/mol.